The Morgan fingerprint density at radius 3 is 2.75 bits per heavy atom. The Kier molecular flexibility index (Phi) is 6.41. The highest BCUT2D eigenvalue weighted by Gasteiger charge is 2.17. The topological polar surface area (TPSA) is 45.2 Å². The van der Waals surface area contributed by atoms with Gasteiger partial charge in [-0.05, 0) is 23.1 Å². The van der Waals surface area contributed by atoms with Crippen LogP contribution in [0, 0.1) is 0 Å². The van der Waals surface area contributed by atoms with Gasteiger partial charge >= 0.3 is 0 Å². The van der Waals surface area contributed by atoms with Gasteiger partial charge in [-0.25, -0.2) is 4.98 Å². The van der Waals surface area contributed by atoms with E-state index in [1.807, 2.05) is 23.6 Å². The van der Waals surface area contributed by atoms with Gasteiger partial charge in [-0.15, -0.1) is 23.1 Å². The lowest BCUT2D eigenvalue weighted by atomic mass is 10.00. The van der Waals surface area contributed by atoms with Crippen molar-refractivity contribution < 1.29 is 4.79 Å². The molecule has 1 aromatic heterocycles. The molecule has 3 aromatic rings. The average Bonchev–Trinajstić information content (AvgIpc) is 3.15. The van der Waals surface area contributed by atoms with Crippen LogP contribution in [0.25, 0.3) is 0 Å². The molecular formula is C22H23N3OS2. The van der Waals surface area contributed by atoms with Gasteiger partial charge in [0.15, 0.2) is 5.13 Å². The summed E-state index contributed by atoms with van der Waals surface area (Å²) in [6, 6.07) is 18.9. The van der Waals surface area contributed by atoms with Crippen molar-refractivity contribution in [1.82, 2.24) is 9.88 Å². The van der Waals surface area contributed by atoms with Gasteiger partial charge in [-0.2, -0.15) is 0 Å². The van der Waals surface area contributed by atoms with E-state index in [1.54, 1.807) is 11.8 Å². The van der Waals surface area contributed by atoms with E-state index in [4.69, 9.17) is 0 Å². The van der Waals surface area contributed by atoms with Gasteiger partial charge in [0.2, 0.25) is 5.91 Å². The van der Waals surface area contributed by atoms with Gasteiger partial charge in [0.25, 0.3) is 0 Å². The van der Waals surface area contributed by atoms with E-state index >= 15 is 0 Å². The van der Waals surface area contributed by atoms with E-state index in [0.29, 0.717) is 10.9 Å². The van der Waals surface area contributed by atoms with Gasteiger partial charge in [-0.3, -0.25) is 9.69 Å². The van der Waals surface area contributed by atoms with Gasteiger partial charge in [0, 0.05) is 30.8 Å². The third kappa shape index (κ3) is 5.22. The molecular weight excluding hydrogens is 386 g/mol. The number of hydrogen-bond acceptors (Lipinski definition) is 5. The SMILES string of the molecule is O=C(CSCc1ccccc1)Nc1nc(CN2CCc3ccccc3C2)cs1. The molecule has 6 heteroatoms. The minimum atomic E-state index is 0.00808. The van der Waals surface area contributed by atoms with Crippen molar-refractivity contribution >= 4 is 34.1 Å². The Hall–Kier alpha value is -2.15. The molecule has 0 spiro atoms. The van der Waals surface area contributed by atoms with Crippen LogP contribution >= 0.6 is 23.1 Å². The van der Waals surface area contributed by atoms with E-state index in [1.165, 1.54) is 28.0 Å². The molecule has 0 bridgehead atoms. The Bertz CT molecular complexity index is 926. The van der Waals surface area contributed by atoms with Crippen LogP contribution in [-0.4, -0.2) is 28.1 Å². The van der Waals surface area contributed by atoms with E-state index < -0.39 is 0 Å². The fourth-order valence-corrected chi connectivity index (χ4v) is 4.85. The zero-order valence-corrected chi connectivity index (χ0v) is 17.3. The second kappa shape index (κ2) is 9.37. The van der Waals surface area contributed by atoms with Crippen molar-refractivity contribution in [3.05, 3.63) is 82.4 Å². The molecule has 1 amide bonds. The maximum Gasteiger partial charge on any atom is 0.236 e. The molecule has 0 aliphatic carbocycles. The highest BCUT2D eigenvalue weighted by Crippen LogP contribution is 2.22. The number of amides is 1. The lowest BCUT2D eigenvalue weighted by molar-refractivity contribution is -0.113. The lowest BCUT2D eigenvalue weighted by Gasteiger charge is -2.27. The Balaban J connectivity index is 1.23. The van der Waals surface area contributed by atoms with Gasteiger partial charge in [-0.1, -0.05) is 54.6 Å². The van der Waals surface area contributed by atoms with Gasteiger partial charge < -0.3 is 5.32 Å². The maximum absolute atomic E-state index is 12.2. The molecule has 1 aliphatic heterocycles. The summed E-state index contributed by atoms with van der Waals surface area (Å²) < 4.78 is 0. The third-order valence-electron chi connectivity index (χ3n) is 4.74. The van der Waals surface area contributed by atoms with Crippen LogP contribution < -0.4 is 5.32 Å². The monoisotopic (exact) mass is 409 g/mol. The first kappa shape index (κ1) is 19.2. The minimum Gasteiger partial charge on any atom is -0.301 e. The van der Waals surface area contributed by atoms with Crippen molar-refractivity contribution in [1.29, 1.82) is 0 Å². The van der Waals surface area contributed by atoms with Crippen LogP contribution in [-0.2, 0) is 30.1 Å². The molecule has 28 heavy (non-hydrogen) atoms. The van der Waals surface area contributed by atoms with Crippen LogP contribution in [0.4, 0.5) is 5.13 Å². The summed E-state index contributed by atoms with van der Waals surface area (Å²) in [7, 11) is 0. The first-order valence-corrected chi connectivity index (χ1v) is 11.4. The first-order chi connectivity index (χ1) is 13.8. The van der Waals surface area contributed by atoms with Gasteiger partial charge in [0.1, 0.15) is 0 Å². The summed E-state index contributed by atoms with van der Waals surface area (Å²) in [4.78, 5) is 19.2. The maximum atomic E-state index is 12.2. The molecule has 0 radical (unpaired) electrons. The number of fused-ring (bicyclic) bond motifs is 1. The highest BCUT2D eigenvalue weighted by molar-refractivity contribution is 7.99. The largest absolute Gasteiger partial charge is 0.301 e. The molecule has 0 saturated carbocycles. The number of benzene rings is 2. The summed E-state index contributed by atoms with van der Waals surface area (Å²) in [5.74, 6) is 1.29. The van der Waals surface area contributed by atoms with E-state index in [-0.39, 0.29) is 5.91 Å². The van der Waals surface area contributed by atoms with Crippen molar-refractivity contribution in [3.63, 3.8) is 0 Å². The molecule has 4 nitrogen and oxygen atoms in total. The van der Waals surface area contributed by atoms with Crippen molar-refractivity contribution in [2.75, 3.05) is 17.6 Å². The molecule has 2 heterocycles. The zero-order chi connectivity index (χ0) is 19.2. The van der Waals surface area contributed by atoms with Crippen LogP contribution in [0.5, 0.6) is 0 Å². The first-order valence-electron chi connectivity index (χ1n) is 9.41. The van der Waals surface area contributed by atoms with E-state index in [2.05, 4.69) is 51.6 Å². The van der Waals surface area contributed by atoms with Crippen LogP contribution in [0.2, 0.25) is 0 Å². The number of nitrogens with one attached hydrogen (secondary N) is 1. The van der Waals surface area contributed by atoms with Crippen molar-refractivity contribution in [2.24, 2.45) is 0 Å². The number of hydrogen-bond donors (Lipinski definition) is 1. The number of nitrogens with zero attached hydrogens (tertiary/aromatic N) is 2. The molecule has 4 rings (SSSR count). The molecule has 144 valence electrons. The highest BCUT2D eigenvalue weighted by atomic mass is 32.2. The predicted molar refractivity (Wildman–Crippen MR) is 118 cm³/mol. The Morgan fingerprint density at radius 2 is 1.89 bits per heavy atom. The van der Waals surface area contributed by atoms with Gasteiger partial charge in [0.05, 0.1) is 11.4 Å². The smallest absolute Gasteiger partial charge is 0.236 e. The Labute approximate surface area is 174 Å². The molecule has 2 aromatic carbocycles. The molecule has 1 aliphatic rings. The minimum absolute atomic E-state index is 0.00808. The normalized spacial score (nSPS) is 13.9. The zero-order valence-electron chi connectivity index (χ0n) is 15.6. The summed E-state index contributed by atoms with van der Waals surface area (Å²) in [6.07, 6.45) is 1.09. The number of aromatic nitrogens is 1. The van der Waals surface area contributed by atoms with Crippen LogP contribution in [0.1, 0.15) is 22.4 Å². The Morgan fingerprint density at radius 1 is 1.11 bits per heavy atom. The number of thiazole rings is 1. The number of anilines is 1. The number of carbonyl (C=O) groups is 1. The standard InChI is InChI=1S/C22H23N3OS2/c26-21(16-27-14-17-6-2-1-3-7-17)24-22-23-20(15-28-22)13-25-11-10-18-8-4-5-9-19(18)12-25/h1-9,15H,10-14,16H2,(H,23,24,26). The average molecular weight is 410 g/mol. The summed E-state index contributed by atoms with van der Waals surface area (Å²) >= 11 is 3.12. The van der Waals surface area contributed by atoms with Crippen molar-refractivity contribution in [3.8, 4) is 0 Å². The number of thioether (sulfide) groups is 1. The summed E-state index contributed by atoms with van der Waals surface area (Å²) in [6.45, 7) is 2.83. The summed E-state index contributed by atoms with van der Waals surface area (Å²) in [5.41, 5.74) is 5.13. The van der Waals surface area contributed by atoms with E-state index in [9.17, 15) is 4.79 Å². The number of rotatable bonds is 7. The molecule has 0 unspecified atom stereocenters. The third-order valence-corrected chi connectivity index (χ3v) is 6.55. The fraction of sp³-hybridized carbons (Fsp3) is 0.273. The summed E-state index contributed by atoms with van der Waals surface area (Å²) in [5, 5.41) is 5.67. The van der Waals surface area contributed by atoms with Crippen LogP contribution in [0.15, 0.2) is 60.0 Å². The predicted octanol–water partition coefficient (Wildman–Crippen LogP) is 4.57. The van der Waals surface area contributed by atoms with Crippen molar-refractivity contribution in [2.45, 2.75) is 25.3 Å². The second-order valence-electron chi connectivity index (χ2n) is 6.90. The molecule has 1 N–H and O–H groups in total. The number of carbonyl (C=O) groups excluding carboxylic acids is 1. The fourth-order valence-electron chi connectivity index (χ4n) is 3.35. The molecule has 0 saturated heterocycles. The molecule has 0 fully saturated rings. The van der Waals surface area contributed by atoms with Crippen LogP contribution in [0.3, 0.4) is 0 Å². The second-order valence-corrected chi connectivity index (χ2v) is 8.74. The quantitative estimate of drug-likeness (QED) is 0.621. The molecule has 0 atom stereocenters. The van der Waals surface area contributed by atoms with E-state index in [0.717, 1.165) is 37.5 Å². The lowest BCUT2D eigenvalue weighted by Crippen LogP contribution is -2.30.